The SMILES string of the molecule is CC1(CNc2c([N+](=O)[O-])ccc(F)c2F)CCCC1. The highest BCUT2D eigenvalue weighted by atomic mass is 19.2. The Labute approximate surface area is 110 Å². The number of hydrogen-bond donors (Lipinski definition) is 1. The number of nitro groups is 1. The number of nitrogens with zero attached hydrogens (tertiary/aromatic N) is 1. The molecule has 0 bridgehead atoms. The van der Waals surface area contributed by atoms with Crippen LogP contribution in [-0.4, -0.2) is 11.5 Å². The lowest BCUT2D eigenvalue weighted by atomic mass is 9.89. The van der Waals surface area contributed by atoms with E-state index in [1.165, 1.54) is 0 Å². The van der Waals surface area contributed by atoms with E-state index in [-0.39, 0.29) is 11.1 Å². The van der Waals surface area contributed by atoms with Gasteiger partial charge in [-0.05, 0) is 24.3 Å². The average molecular weight is 270 g/mol. The number of rotatable bonds is 4. The van der Waals surface area contributed by atoms with Gasteiger partial charge in [0.15, 0.2) is 17.3 Å². The third-order valence-corrected chi connectivity index (χ3v) is 3.77. The van der Waals surface area contributed by atoms with Gasteiger partial charge in [-0.15, -0.1) is 0 Å². The summed E-state index contributed by atoms with van der Waals surface area (Å²) in [4.78, 5) is 10.1. The Morgan fingerprint density at radius 1 is 1.37 bits per heavy atom. The van der Waals surface area contributed by atoms with Gasteiger partial charge in [0.2, 0.25) is 0 Å². The van der Waals surface area contributed by atoms with Crippen LogP contribution in [-0.2, 0) is 0 Å². The maximum absolute atomic E-state index is 13.7. The predicted octanol–water partition coefficient (Wildman–Crippen LogP) is 3.87. The van der Waals surface area contributed by atoms with Crippen LogP contribution in [0.2, 0.25) is 0 Å². The monoisotopic (exact) mass is 270 g/mol. The van der Waals surface area contributed by atoms with E-state index < -0.39 is 22.2 Å². The molecule has 4 nitrogen and oxygen atoms in total. The highest BCUT2D eigenvalue weighted by Crippen LogP contribution is 2.38. The second-order valence-electron chi connectivity index (χ2n) is 5.38. The molecule has 0 aromatic heterocycles. The highest BCUT2D eigenvalue weighted by molar-refractivity contribution is 5.62. The zero-order chi connectivity index (χ0) is 14.0. The van der Waals surface area contributed by atoms with E-state index in [0.717, 1.165) is 37.8 Å². The zero-order valence-electron chi connectivity index (χ0n) is 10.7. The van der Waals surface area contributed by atoms with Crippen molar-refractivity contribution in [2.24, 2.45) is 5.41 Å². The predicted molar refractivity (Wildman–Crippen MR) is 68.1 cm³/mol. The minimum atomic E-state index is -1.18. The van der Waals surface area contributed by atoms with Crippen LogP contribution in [0.3, 0.4) is 0 Å². The average Bonchev–Trinajstić information content (AvgIpc) is 2.78. The molecule has 0 atom stereocenters. The zero-order valence-corrected chi connectivity index (χ0v) is 10.7. The molecular formula is C13H16F2N2O2. The fourth-order valence-corrected chi connectivity index (χ4v) is 2.57. The molecule has 1 aromatic rings. The van der Waals surface area contributed by atoms with Crippen molar-refractivity contribution in [3.63, 3.8) is 0 Å². The molecule has 1 aromatic carbocycles. The first-order chi connectivity index (χ1) is 8.93. The van der Waals surface area contributed by atoms with Gasteiger partial charge in [0.1, 0.15) is 0 Å². The van der Waals surface area contributed by atoms with Gasteiger partial charge in [-0.25, -0.2) is 8.78 Å². The Morgan fingerprint density at radius 3 is 2.58 bits per heavy atom. The second-order valence-corrected chi connectivity index (χ2v) is 5.38. The molecule has 0 amide bonds. The standard InChI is InChI=1S/C13H16F2N2O2/c1-13(6-2-3-7-13)8-16-12-10(17(18)19)5-4-9(14)11(12)15/h4-5,16H,2-3,6-8H2,1H3. The van der Waals surface area contributed by atoms with Crippen molar-refractivity contribution in [1.82, 2.24) is 0 Å². The van der Waals surface area contributed by atoms with Crippen LogP contribution < -0.4 is 5.32 Å². The topological polar surface area (TPSA) is 55.2 Å². The number of hydrogen-bond acceptors (Lipinski definition) is 3. The van der Waals surface area contributed by atoms with Gasteiger partial charge in [0.25, 0.3) is 5.69 Å². The molecule has 0 spiro atoms. The minimum absolute atomic E-state index is 0.00732. The van der Waals surface area contributed by atoms with Crippen LogP contribution in [0.25, 0.3) is 0 Å². The van der Waals surface area contributed by atoms with E-state index in [9.17, 15) is 18.9 Å². The van der Waals surface area contributed by atoms with Crippen LogP contribution >= 0.6 is 0 Å². The second kappa shape index (κ2) is 5.11. The van der Waals surface area contributed by atoms with Crippen molar-refractivity contribution in [3.8, 4) is 0 Å². The van der Waals surface area contributed by atoms with Crippen molar-refractivity contribution in [2.45, 2.75) is 32.6 Å². The van der Waals surface area contributed by atoms with Crippen LogP contribution in [0.4, 0.5) is 20.2 Å². The Balaban J connectivity index is 2.23. The molecule has 0 heterocycles. The number of benzene rings is 1. The quantitative estimate of drug-likeness (QED) is 0.667. The summed E-state index contributed by atoms with van der Waals surface area (Å²) in [6.07, 6.45) is 4.19. The largest absolute Gasteiger partial charge is 0.376 e. The summed E-state index contributed by atoms with van der Waals surface area (Å²) in [5.41, 5.74) is -0.786. The summed E-state index contributed by atoms with van der Waals surface area (Å²) in [7, 11) is 0. The van der Waals surface area contributed by atoms with Gasteiger partial charge >= 0.3 is 0 Å². The number of nitrogens with one attached hydrogen (secondary N) is 1. The van der Waals surface area contributed by atoms with E-state index in [1.54, 1.807) is 0 Å². The van der Waals surface area contributed by atoms with Crippen LogP contribution in [0.1, 0.15) is 32.6 Å². The van der Waals surface area contributed by atoms with Crippen LogP contribution in [0, 0.1) is 27.2 Å². The maximum Gasteiger partial charge on any atom is 0.295 e. The minimum Gasteiger partial charge on any atom is -0.376 e. The lowest BCUT2D eigenvalue weighted by molar-refractivity contribution is -0.384. The summed E-state index contributed by atoms with van der Waals surface area (Å²) in [5, 5.41) is 13.6. The molecule has 0 radical (unpaired) electrons. The first-order valence-corrected chi connectivity index (χ1v) is 6.29. The lowest BCUT2D eigenvalue weighted by Gasteiger charge is -2.24. The third-order valence-electron chi connectivity index (χ3n) is 3.77. The van der Waals surface area contributed by atoms with Crippen molar-refractivity contribution >= 4 is 11.4 Å². The van der Waals surface area contributed by atoms with Gasteiger partial charge < -0.3 is 5.32 Å². The normalized spacial score (nSPS) is 17.4. The lowest BCUT2D eigenvalue weighted by Crippen LogP contribution is -2.24. The number of halogens is 2. The molecule has 1 saturated carbocycles. The number of nitro benzene ring substituents is 1. The molecule has 1 aliphatic carbocycles. The molecule has 6 heteroatoms. The first kappa shape index (κ1) is 13.7. The molecular weight excluding hydrogens is 254 g/mol. The van der Waals surface area contributed by atoms with Crippen molar-refractivity contribution in [2.75, 3.05) is 11.9 Å². The smallest absolute Gasteiger partial charge is 0.295 e. The molecule has 104 valence electrons. The van der Waals surface area contributed by atoms with Crippen LogP contribution in [0.5, 0.6) is 0 Å². The molecule has 19 heavy (non-hydrogen) atoms. The highest BCUT2D eigenvalue weighted by Gasteiger charge is 2.30. The van der Waals surface area contributed by atoms with Gasteiger partial charge in [0, 0.05) is 12.6 Å². The maximum atomic E-state index is 13.7. The number of anilines is 1. The molecule has 0 aliphatic heterocycles. The van der Waals surface area contributed by atoms with Crippen molar-refractivity contribution in [1.29, 1.82) is 0 Å². The molecule has 0 saturated heterocycles. The van der Waals surface area contributed by atoms with E-state index in [0.29, 0.717) is 6.54 Å². The third kappa shape index (κ3) is 2.83. The summed E-state index contributed by atoms with van der Waals surface area (Å²) in [6.45, 7) is 2.46. The van der Waals surface area contributed by atoms with E-state index in [4.69, 9.17) is 0 Å². The van der Waals surface area contributed by atoms with Gasteiger partial charge in [-0.1, -0.05) is 19.8 Å². The van der Waals surface area contributed by atoms with Gasteiger partial charge in [-0.3, -0.25) is 10.1 Å². The molecule has 2 rings (SSSR count). The van der Waals surface area contributed by atoms with Gasteiger partial charge in [0.05, 0.1) is 4.92 Å². The van der Waals surface area contributed by atoms with Gasteiger partial charge in [-0.2, -0.15) is 0 Å². The van der Waals surface area contributed by atoms with E-state index in [1.807, 2.05) is 0 Å². The van der Waals surface area contributed by atoms with Crippen molar-refractivity contribution in [3.05, 3.63) is 33.9 Å². The molecule has 1 aliphatic rings. The summed E-state index contributed by atoms with van der Waals surface area (Å²) < 4.78 is 26.9. The molecule has 1 N–H and O–H groups in total. The molecule has 1 fully saturated rings. The Morgan fingerprint density at radius 2 is 2.00 bits per heavy atom. The Kier molecular flexibility index (Phi) is 3.68. The summed E-state index contributed by atoms with van der Waals surface area (Å²) in [6, 6.07) is 1.76. The Hall–Kier alpha value is -1.72. The van der Waals surface area contributed by atoms with E-state index >= 15 is 0 Å². The van der Waals surface area contributed by atoms with E-state index in [2.05, 4.69) is 12.2 Å². The first-order valence-electron chi connectivity index (χ1n) is 6.29. The van der Waals surface area contributed by atoms with Crippen LogP contribution in [0.15, 0.2) is 12.1 Å². The fourth-order valence-electron chi connectivity index (χ4n) is 2.57. The fraction of sp³-hybridized carbons (Fsp3) is 0.538. The Bertz CT molecular complexity index is 500. The summed E-state index contributed by atoms with van der Waals surface area (Å²) >= 11 is 0. The van der Waals surface area contributed by atoms with Crippen molar-refractivity contribution < 1.29 is 13.7 Å². The summed E-state index contributed by atoms with van der Waals surface area (Å²) in [5.74, 6) is -2.26. The molecule has 0 unspecified atom stereocenters.